The number of aliphatic hydroxyl groups excluding tert-OH is 1. The van der Waals surface area contributed by atoms with Crippen LogP contribution in [0.1, 0.15) is 34.6 Å². The SMILES string of the molecule is CCOc1cc(C2C(C(=O)c3cc4cccc(OC)c4o3)=C(O)C(=O)N2c2ccc(C#N)cc2)ccc1OC. The number of carbonyl (C=O) groups excluding carboxylic acids is 2. The Kier molecular flexibility index (Phi) is 6.69. The standard InChI is InChI=1S/C30H24N2O7/c1-4-38-23-14-18(10-13-21(23)36-2)26-25(27(33)24-15-19-6-5-7-22(37-3)29(19)39-24)28(34)30(35)32(26)20-11-8-17(16-31)9-12-20/h5-15,26,34H,4H2,1-3H3. The molecule has 1 amide bonds. The van der Waals surface area contributed by atoms with Gasteiger partial charge in [-0.15, -0.1) is 0 Å². The minimum absolute atomic E-state index is 0.0610. The average Bonchev–Trinajstić information content (AvgIpc) is 3.52. The Balaban J connectivity index is 1.68. The van der Waals surface area contributed by atoms with Crippen molar-refractivity contribution in [3.63, 3.8) is 0 Å². The lowest BCUT2D eigenvalue weighted by Crippen LogP contribution is -2.31. The fourth-order valence-electron chi connectivity index (χ4n) is 4.69. The van der Waals surface area contributed by atoms with Crippen LogP contribution in [0.25, 0.3) is 11.0 Å². The number of nitrogens with zero attached hydrogens (tertiary/aromatic N) is 2. The molecule has 1 aliphatic rings. The molecule has 0 spiro atoms. The number of anilines is 1. The molecule has 9 nitrogen and oxygen atoms in total. The summed E-state index contributed by atoms with van der Waals surface area (Å²) >= 11 is 0. The van der Waals surface area contributed by atoms with Gasteiger partial charge >= 0.3 is 0 Å². The predicted molar refractivity (Wildman–Crippen MR) is 142 cm³/mol. The number of fused-ring (bicyclic) bond motifs is 1. The van der Waals surface area contributed by atoms with E-state index in [1.807, 2.05) is 13.0 Å². The number of methoxy groups -OCH3 is 2. The van der Waals surface area contributed by atoms with Crippen molar-refractivity contribution < 1.29 is 33.3 Å². The third kappa shape index (κ3) is 4.32. The zero-order chi connectivity index (χ0) is 27.7. The Bertz CT molecular complexity index is 1660. The number of hydrogen-bond donors (Lipinski definition) is 1. The van der Waals surface area contributed by atoms with Crippen molar-refractivity contribution in [1.82, 2.24) is 0 Å². The number of hydrogen-bond acceptors (Lipinski definition) is 8. The van der Waals surface area contributed by atoms with Crippen molar-refractivity contribution in [3.05, 3.63) is 94.9 Å². The summed E-state index contributed by atoms with van der Waals surface area (Å²) in [4.78, 5) is 28.7. The van der Waals surface area contributed by atoms with Gasteiger partial charge in [0.25, 0.3) is 5.91 Å². The number of para-hydroxylation sites is 1. The highest BCUT2D eigenvalue weighted by Gasteiger charge is 2.45. The number of benzene rings is 3. The van der Waals surface area contributed by atoms with Crippen LogP contribution >= 0.6 is 0 Å². The smallest absolute Gasteiger partial charge is 0.294 e. The van der Waals surface area contributed by atoms with Crippen molar-refractivity contribution in [2.75, 3.05) is 25.7 Å². The first kappa shape index (κ1) is 25.4. The van der Waals surface area contributed by atoms with E-state index in [4.69, 9.17) is 18.6 Å². The summed E-state index contributed by atoms with van der Waals surface area (Å²) in [7, 11) is 3.00. The molecule has 1 atom stereocenters. The summed E-state index contributed by atoms with van der Waals surface area (Å²) in [5.41, 5.74) is 1.50. The fraction of sp³-hybridized carbons (Fsp3) is 0.167. The second-order valence-electron chi connectivity index (χ2n) is 8.66. The molecule has 1 unspecified atom stereocenters. The molecule has 2 heterocycles. The van der Waals surface area contributed by atoms with E-state index in [0.717, 1.165) is 0 Å². The van der Waals surface area contributed by atoms with Crippen LogP contribution in [0.4, 0.5) is 5.69 Å². The third-order valence-corrected chi connectivity index (χ3v) is 6.48. The molecule has 5 rings (SSSR count). The molecule has 9 heteroatoms. The lowest BCUT2D eigenvalue weighted by atomic mass is 9.94. The normalized spacial score (nSPS) is 15.0. The van der Waals surface area contributed by atoms with Gasteiger partial charge in [0.15, 0.2) is 34.4 Å². The molecule has 0 aliphatic carbocycles. The maximum Gasteiger partial charge on any atom is 0.294 e. The number of ether oxygens (including phenoxy) is 3. The molecule has 196 valence electrons. The minimum atomic E-state index is -1.03. The molecule has 4 aromatic rings. The first-order chi connectivity index (χ1) is 18.9. The van der Waals surface area contributed by atoms with Crippen molar-refractivity contribution in [3.8, 4) is 23.3 Å². The Morgan fingerprint density at radius 1 is 1.03 bits per heavy atom. The minimum Gasteiger partial charge on any atom is -0.503 e. The van der Waals surface area contributed by atoms with Crippen LogP contribution < -0.4 is 19.1 Å². The molecule has 39 heavy (non-hydrogen) atoms. The average molecular weight is 525 g/mol. The largest absolute Gasteiger partial charge is 0.503 e. The lowest BCUT2D eigenvalue weighted by Gasteiger charge is -2.27. The van der Waals surface area contributed by atoms with Crippen molar-refractivity contribution >= 4 is 28.3 Å². The highest BCUT2D eigenvalue weighted by Crippen LogP contribution is 2.44. The zero-order valence-corrected chi connectivity index (χ0v) is 21.4. The van der Waals surface area contributed by atoms with Gasteiger partial charge in [0, 0.05) is 11.1 Å². The Labute approximate surface area is 224 Å². The van der Waals surface area contributed by atoms with Crippen LogP contribution in [-0.4, -0.2) is 37.6 Å². The molecule has 0 saturated heterocycles. The number of ketones is 1. The molecule has 0 fully saturated rings. The molecular weight excluding hydrogens is 500 g/mol. The van der Waals surface area contributed by atoms with E-state index in [1.54, 1.807) is 66.7 Å². The van der Waals surface area contributed by atoms with Gasteiger partial charge in [-0.3, -0.25) is 14.5 Å². The van der Waals surface area contributed by atoms with Gasteiger partial charge in [-0.1, -0.05) is 18.2 Å². The van der Waals surface area contributed by atoms with E-state index in [0.29, 0.717) is 51.6 Å². The number of carbonyl (C=O) groups is 2. The fourth-order valence-corrected chi connectivity index (χ4v) is 4.69. The van der Waals surface area contributed by atoms with Gasteiger partial charge in [-0.05, 0) is 61.0 Å². The first-order valence-electron chi connectivity index (χ1n) is 12.1. The summed E-state index contributed by atoms with van der Waals surface area (Å²) in [6.07, 6.45) is 0. The molecular formula is C30H24N2O7. The third-order valence-electron chi connectivity index (χ3n) is 6.48. The molecule has 3 aromatic carbocycles. The molecule has 1 aliphatic heterocycles. The number of Topliss-reactive ketones (excluding diaryl/α,β-unsaturated/α-hetero) is 1. The van der Waals surface area contributed by atoms with E-state index in [-0.39, 0.29) is 11.3 Å². The molecule has 0 bridgehead atoms. The van der Waals surface area contributed by atoms with Crippen LogP contribution in [0.2, 0.25) is 0 Å². The summed E-state index contributed by atoms with van der Waals surface area (Å²) in [6, 6.07) is 19.1. The van der Waals surface area contributed by atoms with Gasteiger partial charge < -0.3 is 23.7 Å². The van der Waals surface area contributed by atoms with E-state index >= 15 is 0 Å². The number of nitriles is 1. The van der Waals surface area contributed by atoms with Gasteiger partial charge in [0.2, 0.25) is 5.78 Å². The maximum atomic E-state index is 13.9. The Hall–Kier alpha value is -5.23. The van der Waals surface area contributed by atoms with Crippen LogP contribution in [0.3, 0.4) is 0 Å². The summed E-state index contributed by atoms with van der Waals surface area (Å²) in [5.74, 6) is -0.856. The van der Waals surface area contributed by atoms with Crippen molar-refractivity contribution in [2.45, 2.75) is 13.0 Å². The maximum absolute atomic E-state index is 13.9. The molecule has 0 radical (unpaired) electrons. The van der Waals surface area contributed by atoms with Gasteiger partial charge in [-0.25, -0.2) is 0 Å². The number of furan rings is 1. The summed E-state index contributed by atoms with van der Waals surface area (Å²) in [5, 5.41) is 20.9. The highest BCUT2D eigenvalue weighted by molar-refractivity contribution is 6.20. The molecule has 1 N–H and O–H groups in total. The molecule has 1 aromatic heterocycles. The van der Waals surface area contributed by atoms with E-state index in [1.165, 1.54) is 19.1 Å². The Morgan fingerprint density at radius 3 is 2.44 bits per heavy atom. The van der Waals surface area contributed by atoms with E-state index in [9.17, 15) is 20.0 Å². The highest BCUT2D eigenvalue weighted by atomic mass is 16.5. The van der Waals surface area contributed by atoms with Gasteiger partial charge in [0.1, 0.15) is 0 Å². The van der Waals surface area contributed by atoms with Crippen LogP contribution in [-0.2, 0) is 4.79 Å². The van der Waals surface area contributed by atoms with Crippen LogP contribution in [0.15, 0.2) is 82.5 Å². The van der Waals surface area contributed by atoms with Crippen LogP contribution in [0.5, 0.6) is 17.2 Å². The van der Waals surface area contributed by atoms with Crippen molar-refractivity contribution in [1.29, 1.82) is 5.26 Å². The monoisotopic (exact) mass is 524 g/mol. The second-order valence-corrected chi connectivity index (χ2v) is 8.66. The van der Waals surface area contributed by atoms with E-state index < -0.39 is 23.5 Å². The Morgan fingerprint density at radius 2 is 1.77 bits per heavy atom. The number of rotatable bonds is 8. The quantitative estimate of drug-likeness (QED) is 0.300. The van der Waals surface area contributed by atoms with Gasteiger partial charge in [-0.2, -0.15) is 5.26 Å². The summed E-state index contributed by atoms with van der Waals surface area (Å²) < 4.78 is 22.4. The number of aliphatic hydroxyl groups is 1. The zero-order valence-electron chi connectivity index (χ0n) is 21.4. The molecule has 0 saturated carbocycles. The second kappa shape index (κ2) is 10.3. The number of amides is 1. The first-order valence-corrected chi connectivity index (χ1v) is 12.1. The van der Waals surface area contributed by atoms with E-state index in [2.05, 4.69) is 0 Å². The topological polar surface area (TPSA) is 122 Å². The summed E-state index contributed by atoms with van der Waals surface area (Å²) in [6.45, 7) is 2.18. The van der Waals surface area contributed by atoms with Crippen molar-refractivity contribution in [2.24, 2.45) is 0 Å². The lowest BCUT2D eigenvalue weighted by molar-refractivity contribution is -0.117. The van der Waals surface area contributed by atoms with Crippen LogP contribution in [0, 0.1) is 11.3 Å². The van der Waals surface area contributed by atoms with Gasteiger partial charge in [0.05, 0.1) is 44.1 Å². The predicted octanol–water partition coefficient (Wildman–Crippen LogP) is 5.50.